The monoisotopic (exact) mass is 83.0 g/mol. The standard InChI is InChI=1S/C4H3O2/c1-2-4(6)3-5/h2H,1H2. The Bertz CT molecular complexity index is 73.5. The van der Waals surface area contributed by atoms with Gasteiger partial charge in [-0.25, -0.2) is 0 Å². The first-order chi connectivity index (χ1) is 2.81. The van der Waals surface area contributed by atoms with Crippen LogP contribution in [0.3, 0.4) is 0 Å². The van der Waals surface area contributed by atoms with Crippen molar-refractivity contribution in [1.29, 1.82) is 0 Å². The lowest BCUT2D eigenvalue weighted by Crippen LogP contribution is -1.88. The van der Waals surface area contributed by atoms with Crippen LogP contribution in [0.25, 0.3) is 0 Å². The Kier molecular flexibility index (Phi) is 1.97. The van der Waals surface area contributed by atoms with Crippen molar-refractivity contribution in [1.82, 2.24) is 0 Å². The first-order valence-corrected chi connectivity index (χ1v) is 1.36. The molecule has 6 heavy (non-hydrogen) atoms. The summed E-state index contributed by atoms with van der Waals surface area (Å²) >= 11 is 0. The summed E-state index contributed by atoms with van der Waals surface area (Å²) in [5.74, 6) is -0.699. The van der Waals surface area contributed by atoms with E-state index in [-0.39, 0.29) is 0 Å². The van der Waals surface area contributed by atoms with Crippen LogP contribution in [0, 0.1) is 0 Å². The fourth-order valence-corrected chi connectivity index (χ4v) is 0.0417. The summed E-state index contributed by atoms with van der Waals surface area (Å²) in [4.78, 5) is 18.8. The van der Waals surface area contributed by atoms with Crippen molar-refractivity contribution < 1.29 is 9.59 Å². The van der Waals surface area contributed by atoms with E-state index in [1.54, 1.807) is 0 Å². The third kappa shape index (κ3) is 1.40. The van der Waals surface area contributed by atoms with Crippen molar-refractivity contribution in [2.45, 2.75) is 0 Å². The van der Waals surface area contributed by atoms with Crippen LogP contribution >= 0.6 is 0 Å². The highest BCUT2D eigenvalue weighted by Crippen LogP contribution is 1.58. The fourth-order valence-electron chi connectivity index (χ4n) is 0.0417. The molecule has 0 heterocycles. The molecule has 0 saturated heterocycles. The summed E-state index contributed by atoms with van der Waals surface area (Å²) in [6.07, 6.45) is 2.02. The molecule has 2 nitrogen and oxygen atoms in total. The van der Waals surface area contributed by atoms with Crippen LogP contribution in [0.2, 0.25) is 0 Å². The molecule has 0 aromatic heterocycles. The van der Waals surface area contributed by atoms with Crippen molar-refractivity contribution in [2.24, 2.45) is 0 Å². The van der Waals surface area contributed by atoms with E-state index in [1.165, 1.54) is 0 Å². The van der Waals surface area contributed by atoms with E-state index in [1.807, 2.05) is 0 Å². The summed E-state index contributed by atoms with van der Waals surface area (Å²) in [7, 11) is 0. The maximum atomic E-state index is 9.64. The molecule has 0 aliphatic carbocycles. The minimum Gasteiger partial charge on any atom is -0.285 e. The summed E-state index contributed by atoms with van der Waals surface area (Å²) in [6.45, 7) is 3.02. The second-order valence-electron chi connectivity index (χ2n) is 0.670. The molecule has 0 bridgehead atoms. The molecular weight excluding hydrogens is 80.0 g/mol. The van der Waals surface area contributed by atoms with E-state index < -0.39 is 5.78 Å². The molecule has 0 unspecified atom stereocenters. The van der Waals surface area contributed by atoms with Gasteiger partial charge < -0.3 is 0 Å². The Morgan fingerprint density at radius 3 is 2.33 bits per heavy atom. The molecular formula is C4H3O2. The maximum absolute atomic E-state index is 9.64. The molecule has 0 spiro atoms. The number of hydrogen-bond donors (Lipinski definition) is 0. The number of rotatable bonds is 2. The van der Waals surface area contributed by atoms with Gasteiger partial charge >= 0.3 is 0 Å². The summed E-state index contributed by atoms with van der Waals surface area (Å²) in [5, 5.41) is 0. The highest BCUT2D eigenvalue weighted by atomic mass is 16.2. The third-order valence-electron chi connectivity index (χ3n) is 0.286. The first kappa shape index (κ1) is 5.08. The quantitative estimate of drug-likeness (QED) is 0.343. The molecule has 0 fully saturated rings. The van der Waals surface area contributed by atoms with Gasteiger partial charge in [-0.2, -0.15) is 0 Å². The zero-order valence-corrected chi connectivity index (χ0v) is 3.10. The Balaban J connectivity index is 3.52. The van der Waals surface area contributed by atoms with Gasteiger partial charge in [0.05, 0.1) is 0 Å². The van der Waals surface area contributed by atoms with E-state index in [2.05, 4.69) is 6.58 Å². The normalized spacial score (nSPS) is 6.67. The predicted molar refractivity (Wildman–Crippen MR) is 20.9 cm³/mol. The van der Waals surface area contributed by atoms with E-state index in [0.29, 0.717) is 0 Å². The van der Waals surface area contributed by atoms with Crippen LogP contribution in [0.5, 0.6) is 0 Å². The first-order valence-electron chi connectivity index (χ1n) is 1.36. The number of ketones is 1. The van der Waals surface area contributed by atoms with Gasteiger partial charge in [0.25, 0.3) is 6.29 Å². The van der Waals surface area contributed by atoms with Crippen molar-refractivity contribution in [2.75, 3.05) is 0 Å². The SMILES string of the molecule is C=CC(=O)[C]=O. The van der Waals surface area contributed by atoms with Crippen molar-refractivity contribution in [3.63, 3.8) is 0 Å². The number of carbonyl (C=O) groups excluding carboxylic acids is 2. The Hall–Kier alpha value is -0.920. The van der Waals surface area contributed by atoms with Gasteiger partial charge in [-0.05, 0) is 6.08 Å². The molecule has 0 saturated carbocycles. The van der Waals surface area contributed by atoms with Crippen molar-refractivity contribution in [3.8, 4) is 0 Å². The molecule has 0 atom stereocenters. The van der Waals surface area contributed by atoms with Gasteiger partial charge in [-0.1, -0.05) is 6.58 Å². The highest BCUT2D eigenvalue weighted by molar-refractivity contribution is 6.30. The average Bonchev–Trinajstić information content (AvgIpc) is 1.65. The number of allylic oxidation sites excluding steroid dienone is 1. The molecule has 0 amide bonds. The molecule has 2 heteroatoms. The van der Waals surface area contributed by atoms with E-state index in [9.17, 15) is 9.59 Å². The Morgan fingerprint density at radius 1 is 1.83 bits per heavy atom. The smallest absolute Gasteiger partial charge is 0.276 e. The van der Waals surface area contributed by atoms with Gasteiger partial charge in [0.15, 0.2) is 0 Å². The zero-order chi connectivity index (χ0) is 4.99. The summed E-state index contributed by atoms with van der Waals surface area (Å²) < 4.78 is 0. The molecule has 1 radical (unpaired) electrons. The van der Waals surface area contributed by atoms with E-state index in [4.69, 9.17) is 0 Å². The lowest BCUT2D eigenvalue weighted by Gasteiger charge is -1.61. The van der Waals surface area contributed by atoms with Crippen molar-refractivity contribution in [3.05, 3.63) is 12.7 Å². The van der Waals surface area contributed by atoms with E-state index >= 15 is 0 Å². The molecule has 0 N–H and O–H groups in total. The van der Waals surface area contributed by atoms with Crippen molar-refractivity contribution >= 4 is 12.1 Å². The van der Waals surface area contributed by atoms with Gasteiger partial charge in [0, 0.05) is 0 Å². The highest BCUT2D eigenvalue weighted by Gasteiger charge is 1.84. The predicted octanol–water partition coefficient (Wildman–Crippen LogP) is -0.149. The van der Waals surface area contributed by atoms with Gasteiger partial charge in [0.1, 0.15) is 0 Å². The average molecular weight is 83.1 g/mol. The van der Waals surface area contributed by atoms with E-state index in [0.717, 1.165) is 12.4 Å². The Labute approximate surface area is 35.5 Å². The number of hydrogen-bond acceptors (Lipinski definition) is 2. The number of carbonyl (C=O) groups is 1. The second-order valence-corrected chi connectivity index (χ2v) is 0.670. The molecule has 0 rings (SSSR count). The lowest BCUT2D eigenvalue weighted by molar-refractivity contribution is -0.108. The molecule has 0 aliphatic heterocycles. The van der Waals surface area contributed by atoms with Gasteiger partial charge in [0.2, 0.25) is 5.78 Å². The largest absolute Gasteiger partial charge is 0.285 e. The summed E-state index contributed by atoms with van der Waals surface area (Å²) in [5.41, 5.74) is 0. The van der Waals surface area contributed by atoms with Crippen LogP contribution in [0.15, 0.2) is 12.7 Å². The van der Waals surface area contributed by atoms with Gasteiger partial charge in [-0.15, -0.1) is 0 Å². The van der Waals surface area contributed by atoms with Crippen LogP contribution in [-0.4, -0.2) is 12.1 Å². The molecule has 0 aliphatic rings. The topological polar surface area (TPSA) is 34.1 Å². The van der Waals surface area contributed by atoms with Crippen LogP contribution in [-0.2, 0) is 9.59 Å². The van der Waals surface area contributed by atoms with Gasteiger partial charge in [-0.3, -0.25) is 9.59 Å². The lowest BCUT2D eigenvalue weighted by atomic mass is 10.4. The fraction of sp³-hybridized carbons (Fsp3) is 0. The minimum absolute atomic E-state index is 0.699. The van der Waals surface area contributed by atoms with Crippen LogP contribution in [0.4, 0.5) is 0 Å². The molecule has 0 aromatic carbocycles. The summed E-state index contributed by atoms with van der Waals surface area (Å²) in [6, 6.07) is 0. The maximum Gasteiger partial charge on any atom is 0.276 e. The second kappa shape index (κ2) is 2.33. The zero-order valence-electron chi connectivity index (χ0n) is 3.10. The van der Waals surface area contributed by atoms with Crippen LogP contribution in [0.1, 0.15) is 0 Å². The Morgan fingerprint density at radius 2 is 2.33 bits per heavy atom. The van der Waals surface area contributed by atoms with Crippen LogP contribution < -0.4 is 0 Å². The third-order valence-corrected chi connectivity index (χ3v) is 0.286. The molecule has 0 aromatic rings. The minimum atomic E-state index is -0.699. The molecule has 31 valence electrons.